The van der Waals surface area contributed by atoms with E-state index in [1.54, 1.807) is 30.3 Å². The van der Waals surface area contributed by atoms with Gasteiger partial charge in [-0.05, 0) is 36.8 Å². The van der Waals surface area contributed by atoms with Gasteiger partial charge in [-0.3, -0.25) is 4.79 Å². The summed E-state index contributed by atoms with van der Waals surface area (Å²) in [5, 5.41) is 0. The number of sulfonamides is 1. The number of nitrogens with zero attached hydrogens (tertiary/aromatic N) is 2. The second-order valence-corrected chi connectivity index (χ2v) is 7.29. The molecule has 0 saturated carbocycles. The summed E-state index contributed by atoms with van der Waals surface area (Å²) >= 11 is 1.12. The number of hydrogen-bond donors (Lipinski definition) is 1. The van der Waals surface area contributed by atoms with Gasteiger partial charge in [-0.25, -0.2) is 13.1 Å². The van der Waals surface area contributed by atoms with Crippen LogP contribution in [-0.2, 0) is 16.6 Å². The number of fused-ring (bicyclic) bond motifs is 1. The second-order valence-electron chi connectivity index (χ2n) is 5.00. The normalized spacial score (nSPS) is 11.7. The molecule has 23 heavy (non-hydrogen) atoms. The Morgan fingerprint density at radius 1 is 1.13 bits per heavy atom. The van der Waals surface area contributed by atoms with Crippen LogP contribution in [0.25, 0.3) is 11.0 Å². The SMILES string of the molecule is CC(=O)c1cccc(S(=O)(=O)NCc2ccc3nsnc3c2)c1. The Labute approximate surface area is 137 Å². The van der Waals surface area contributed by atoms with Crippen molar-refractivity contribution in [3.8, 4) is 0 Å². The molecule has 0 atom stereocenters. The zero-order chi connectivity index (χ0) is 16.4. The molecular formula is C15H13N3O3S2. The molecule has 0 fully saturated rings. The standard InChI is InChI=1S/C15H13N3O3S2/c1-10(19)12-3-2-4-13(8-12)23(20,21)16-9-11-5-6-14-15(7-11)18-22-17-14/h2-8,16H,9H2,1H3. The van der Waals surface area contributed by atoms with Gasteiger partial charge in [0.05, 0.1) is 16.6 Å². The number of carbonyl (C=O) groups excluding carboxylic acids is 1. The molecule has 3 rings (SSSR count). The van der Waals surface area contributed by atoms with Gasteiger partial charge in [0.2, 0.25) is 10.0 Å². The van der Waals surface area contributed by atoms with Gasteiger partial charge in [-0.2, -0.15) is 8.75 Å². The van der Waals surface area contributed by atoms with Gasteiger partial charge in [0.15, 0.2) is 5.78 Å². The molecule has 0 amide bonds. The molecule has 0 aliphatic carbocycles. The van der Waals surface area contributed by atoms with Gasteiger partial charge >= 0.3 is 0 Å². The molecule has 0 aliphatic rings. The quantitative estimate of drug-likeness (QED) is 0.716. The fourth-order valence-corrected chi connectivity index (χ4v) is 3.66. The van der Waals surface area contributed by atoms with Crippen molar-refractivity contribution in [2.45, 2.75) is 18.4 Å². The van der Waals surface area contributed by atoms with E-state index < -0.39 is 10.0 Å². The lowest BCUT2D eigenvalue weighted by Gasteiger charge is -2.08. The predicted molar refractivity (Wildman–Crippen MR) is 87.9 cm³/mol. The molecule has 0 bridgehead atoms. The molecule has 1 aromatic heterocycles. The molecule has 0 unspecified atom stereocenters. The van der Waals surface area contributed by atoms with Crippen molar-refractivity contribution < 1.29 is 13.2 Å². The lowest BCUT2D eigenvalue weighted by atomic mass is 10.2. The third kappa shape index (κ3) is 3.44. The Morgan fingerprint density at radius 2 is 1.91 bits per heavy atom. The first kappa shape index (κ1) is 15.7. The zero-order valence-corrected chi connectivity index (χ0v) is 13.8. The molecule has 1 heterocycles. The maximum Gasteiger partial charge on any atom is 0.240 e. The van der Waals surface area contributed by atoms with E-state index in [2.05, 4.69) is 13.5 Å². The third-order valence-electron chi connectivity index (χ3n) is 3.34. The monoisotopic (exact) mass is 347 g/mol. The van der Waals surface area contributed by atoms with Gasteiger partial charge in [-0.1, -0.05) is 18.2 Å². The first-order valence-corrected chi connectivity index (χ1v) is 8.99. The second kappa shape index (κ2) is 6.15. The van der Waals surface area contributed by atoms with Crippen molar-refractivity contribution in [2.24, 2.45) is 0 Å². The first-order valence-electron chi connectivity index (χ1n) is 6.77. The summed E-state index contributed by atoms with van der Waals surface area (Å²) in [5.41, 5.74) is 2.68. The van der Waals surface area contributed by atoms with Crippen molar-refractivity contribution in [3.63, 3.8) is 0 Å². The number of rotatable bonds is 5. The highest BCUT2D eigenvalue weighted by Crippen LogP contribution is 2.15. The van der Waals surface area contributed by atoms with E-state index in [0.717, 1.165) is 28.3 Å². The van der Waals surface area contributed by atoms with Gasteiger partial charge in [0.25, 0.3) is 0 Å². The van der Waals surface area contributed by atoms with E-state index in [1.165, 1.54) is 19.1 Å². The van der Waals surface area contributed by atoms with Crippen molar-refractivity contribution >= 4 is 38.6 Å². The van der Waals surface area contributed by atoms with Crippen molar-refractivity contribution in [1.82, 2.24) is 13.5 Å². The smallest absolute Gasteiger partial charge is 0.240 e. The van der Waals surface area contributed by atoms with Crippen LogP contribution < -0.4 is 4.72 Å². The third-order valence-corrected chi connectivity index (χ3v) is 5.29. The van der Waals surface area contributed by atoms with Crippen LogP contribution in [0.4, 0.5) is 0 Å². The number of benzene rings is 2. The molecule has 0 saturated heterocycles. The van der Waals surface area contributed by atoms with Gasteiger partial charge in [0.1, 0.15) is 11.0 Å². The van der Waals surface area contributed by atoms with Crippen LogP contribution in [0.2, 0.25) is 0 Å². The summed E-state index contributed by atoms with van der Waals surface area (Å²) in [6.45, 7) is 1.54. The Kier molecular flexibility index (Phi) is 4.20. The number of aromatic nitrogens is 2. The molecule has 6 nitrogen and oxygen atoms in total. The summed E-state index contributed by atoms with van der Waals surface area (Å²) in [7, 11) is -3.69. The number of nitrogens with one attached hydrogen (secondary N) is 1. The van der Waals surface area contributed by atoms with Gasteiger partial charge in [0, 0.05) is 12.1 Å². The highest BCUT2D eigenvalue weighted by atomic mass is 32.2. The highest BCUT2D eigenvalue weighted by Gasteiger charge is 2.15. The van der Waals surface area contributed by atoms with Crippen LogP contribution in [0.5, 0.6) is 0 Å². The van der Waals surface area contributed by atoms with Crippen LogP contribution >= 0.6 is 11.7 Å². The maximum absolute atomic E-state index is 12.3. The predicted octanol–water partition coefficient (Wildman–Crippen LogP) is 2.37. The average Bonchev–Trinajstić information content (AvgIpc) is 3.01. The van der Waals surface area contributed by atoms with E-state index in [9.17, 15) is 13.2 Å². The number of Topliss-reactive ketones (excluding diaryl/α,β-unsaturated/α-hetero) is 1. The highest BCUT2D eigenvalue weighted by molar-refractivity contribution is 7.89. The molecule has 1 N–H and O–H groups in total. The van der Waals surface area contributed by atoms with Crippen LogP contribution in [-0.4, -0.2) is 22.9 Å². The number of carbonyl (C=O) groups is 1. The molecule has 0 aliphatic heterocycles. The Morgan fingerprint density at radius 3 is 2.70 bits per heavy atom. The summed E-state index contributed by atoms with van der Waals surface area (Å²) in [6.07, 6.45) is 0. The minimum atomic E-state index is -3.69. The summed E-state index contributed by atoms with van der Waals surface area (Å²) in [6, 6.07) is 11.4. The maximum atomic E-state index is 12.3. The Balaban J connectivity index is 1.80. The van der Waals surface area contributed by atoms with Gasteiger partial charge < -0.3 is 0 Å². The number of hydrogen-bond acceptors (Lipinski definition) is 6. The van der Waals surface area contributed by atoms with Crippen molar-refractivity contribution in [1.29, 1.82) is 0 Å². The molecular weight excluding hydrogens is 334 g/mol. The fraction of sp³-hybridized carbons (Fsp3) is 0.133. The lowest BCUT2D eigenvalue weighted by molar-refractivity contribution is 0.101. The van der Waals surface area contributed by atoms with E-state index in [0.29, 0.717) is 5.56 Å². The van der Waals surface area contributed by atoms with Crippen LogP contribution in [0.3, 0.4) is 0 Å². The lowest BCUT2D eigenvalue weighted by Crippen LogP contribution is -2.23. The minimum Gasteiger partial charge on any atom is -0.295 e. The van der Waals surface area contributed by atoms with E-state index >= 15 is 0 Å². The molecule has 0 spiro atoms. The van der Waals surface area contributed by atoms with E-state index in [4.69, 9.17) is 0 Å². The fourth-order valence-electron chi connectivity index (χ4n) is 2.08. The molecule has 118 valence electrons. The largest absolute Gasteiger partial charge is 0.295 e. The zero-order valence-electron chi connectivity index (χ0n) is 12.2. The number of ketones is 1. The molecule has 3 aromatic rings. The Bertz CT molecular complexity index is 980. The first-order chi connectivity index (χ1) is 11.0. The van der Waals surface area contributed by atoms with Crippen LogP contribution in [0.15, 0.2) is 47.4 Å². The molecule has 8 heteroatoms. The van der Waals surface area contributed by atoms with E-state index in [1.807, 2.05) is 0 Å². The van der Waals surface area contributed by atoms with Crippen LogP contribution in [0.1, 0.15) is 22.8 Å². The minimum absolute atomic E-state index is 0.0709. The molecule has 0 radical (unpaired) electrons. The topological polar surface area (TPSA) is 89.0 Å². The summed E-state index contributed by atoms with van der Waals surface area (Å²) in [4.78, 5) is 11.4. The van der Waals surface area contributed by atoms with Crippen molar-refractivity contribution in [2.75, 3.05) is 0 Å². The average molecular weight is 347 g/mol. The Hall–Kier alpha value is -2.16. The van der Waals surface area contributed by atoms with Crippen LogP contribution in [0, 0.1) is 0 Å². The summed E-state index contributed by atoms with van der Waals surface area (Å²) < 4.78 is 35.5. The van der Waals surface area contributed by atoms with Gasteiger partial charge in [-0.15, -0.1) is 0 Å². The van der Waals surface area contributed by atoms with E-state index in [-0.39, 0.29) is 17.2 Å². The summed E-state index contributed by atoms with van der Waals surface area (Å²) in [5.74, 6) is -0.177. The van der Waals surface area contributed by atoms with Crippen molar-refractivity contribution in [3.05, 3.63) is 53.6 Å². The molecule has 2 aromatic carbocycles.